The number of hydrogen-bond donors (Lipinski definition) is 1. The lowest BCUT2D eigenvalue weighted by molar-refractivity contribution is 0.197. The van der Waals surface area contributed by atoms with E-state index >= 15 is 0 Å². The molecule has 3 nitrogen and oxygen atoms in total. The summed E-state index contributed by atoms with van der Waals surface area (Å²) in [5.41, 5.74) is 0.650. The molecule has 0 aliphatic rings. The molecule has 1 atom stereocenters. The second-order valence-electron chi connectivity index (χ2n) is 5.39. The Labute approximate surface area is 128 Å². The van der Waals surface area contributed by atoms with E-state index in [4.69, 9.17) is 0 Å². The maximum absolute atomic E-state index is 14.0. The Hall–Kier alpha value is -1.13. The number of benzene rings is 1. The molecule has 0 heterocycles. The molecule has 0 amide bonds. The zero-order valence-corrected chi connectivity index (χ0v) is 13.8. The fourth-order valence-electron chi connectivity index (χ4n) is 2.71. The van der Waals surface area contributed by atoms with Crippen LogP contribution in [-0.4, -0.2) is 47.6 Å². The first kappa shape index (κ1) is 17.9. The molecule has 1 unspecified atom stereocenters. The minimum Gasteiger partial charge on any atom is -0.508 e. The minimum atomic E-state index is -0.329. The summed E-state index contributed by atoms with van der Waals surface area (Å²) in [5.74, 6) is -0.349. The highest BCUT2D eigenvalue weighted by Crippen LogP contribution is 2.25. The van der Waals surface area contributed by atoms with Crippen LogP contribution >= 0.6 is 0 Å². The third-order valence-electron chi connectivity index (χ3n) is 4.20. The highest BCUT2D eigenvalue weighted by atomic mass is 19.1. The number of halogens is 1. The minimum absolute atomic E-state index is 0.0203. The molecule has 21 heavy (non-hydrogen) atoms. The summed E-state index contributed by atoms with van der Waals surface area (Å²) in [6.45, 7) is 13.5. The van der Waals surface area contributed by atoms with E-state index in [0.717, 1.165) is 39.1 Å². The van der Waals surface area contributed by atoms with Crippen LogP contribution in [0.2, 0.25) is 0 Å². The highest BCUT2D eigenvalue weighted by Gasteiger charge is 2.17. The molecule has 0 radical (unpaired) electrons. The average Bonchev–Trinajstić information content (AvgIpc) is 2.47. The molecule has 1 rings (SSSR count). The van der Waals surface area contributed by atoms with Gasteiger partial charge in [0.25, 0.3) is 0 Å². The van der Waals surface area contributed by atoms with Crippen molar-refractivity contribution in [3.05, 3.63) is 29.6 Å². The summed E-state index contributed by atoms with van der Waals surface area (Å²) in [6.07, 6.45) is 1.08. The molecule has 0 fully saturated rings. The van der Waals surface area contributed by atoms with E-state index in [1.807, 2.05) is 6.92 Å². The first-order valence-electron chi connectivity index (χ1n) is 7.98. The maximum atomic E-state index is 14.0. The highest BCUT2D eigenvalue weighted by molar-refractivity contribution is 5.29. The number of rotatable bonds is 9. The summed E-state index contributed by atoms with van der Waals surface area (Å²) in [4.78, 5) is 4.68. The first-order chi connectivity index (χ1) is 10.0. The van der Waals surface area contributed by atoms with Gasteiger partial charge < -0.3 is 10.0 Å². The van der Waals surface area contributed by atoms with Gasteiger partial charge in [0.05, 0.1) is 0 Å². The van der Waals surface area contributed by atoms with Crippen molar-refractivity contribution in [3.63, 3.8) is 0 Å². The molecule has 0 aliphatic carbocycles. The van der Waals surface area contributed by atoms with Crippen LogP contribution in [0.1, 0.15) is 45.7 Å². The van der Waals surface area contributed by atoms with E-state index in [1.54, 1.807) is 12.1 Å². The topological polar surface area (TPSA) is 26.7 Å². The largest absolute Gasteiger partial charge is 0.508 e. The number of phenols is 1. The van der Waals surface area contributed by atoms with Gasteiger partial charge in [0.15, 0.2) is 0 Å². The van der Waals surface area contributed by atoms with Gasteiger partial charge in [-0.05, 0) is 52.1 Å². The molecule has 1 N–H and O–H groups in total. The number of aromatic hydroxyl groups is 1. The molecule has 0 saturated carbocycles. The van der Waals surface area contributed by atoms with Crippen LogP contribution in [-0.2, 0) is 0 Å². The van der Waals surface area contributed by atoms with Gasteiger partial charge in [-0.1, -0.05) is 26.8 Å². The lowest BCUT2D eigenvalue weighted by Crippen LogP contribution is -2.32. The maximum Gasteiger partial charge on any atom is 0.131 e. The molecule has 1 aromatic carbocycles. The van der Waals surface area contributed by atoms with Gasteiger partial charge >= 0.3 is 0 Å². The zero-order valence-electron chi connectivity index (χ0n) is 13.8. The molecular formula is C17H29FN2O. The van der Waals surface area contributed by atoms with Crippen molar-refractivity contribution in [2.75, 3.05) is 32.7 Å². The Kier molecular flexibility index (Phi) is 7.68. The van der Waals surface area contributed by atoms with Gasteiger partial charge in [0, 0.05) is 17.7 Å². The van der Waals surface area contributed by atoms with E-state index in [0.29, 0.717) is 5.56 Å². The first-order valence-corrected chi connectivity index (χ1v) is 7.98. The molecule has 0 bridgehead atoms. The summed E-state index contributed by atoms with van der Waals surface area (Å²) < 4.78 is 14.0. The van der Waals surface area contributed by atoms with Gasteiger partial charge in [0.1, 0.15) is 11.6 Å². The predicted octanol–water partition coefficient (Wildman–Crippen LogP) is 3.65. The summed E-state index contributed by atoms with van der Waals surface area (Å²) >= 11 is 0. The second-order valence-corrected chi connectivity index (χ2v) is 5.39. The molecular weight excluding hydrogens is 267 g/mol. The van der Waals surface area contributed by atoms with Crippen LogP contribution in [0, 0.1) is 5.82 Å². The van der Waals surface area contributed by atoms with Gasteiger partial charge in [-0.25, -0.2) is 4.39 Å². The summed E-state index contributed by atoms with van der Waals surface area (Å²) in [6, 6.07) is 4.45. The van der Waals surface area contributed by atoms with Crippen LogP contribution in [0.25, 0.3) is 0 Å². The summed E-state index contributed by atoms with van der Waals surface area (Å²) in [7, 11) is 0. The standard InChI is InChI=1S/C17H29FN2O/c1-5-19(6-2)11-8-12-20(7-3)14(4)16-10-9-15(21)13-17(16)18/h9-10,13-14,21H,5-8,11-12H2,1-4H3. The number of hydrogen-bond acceptors (Lipinski definition) is 3. The third kappa shape index (κ3) is 5.29. The van der Waals surface area contributed by atoms with Crippen molar-refractivity contribution in [1.82, 2.24) is 9.80 Å². The second kappa shape index (κ2) is 9.00. The van der Waals surface area contributed by atoms with Gasteiger partial charge in [0.2, 0.25) is 0 Å². The Bertz CT molecular complexity index is 421. The van der Waals surface area contributed by atoms with Crippen LogP contribution in [0.3, 0.4) is 0 Å². The lowest BCUT2D eigenvalue weighted by Gasteiger charge is -2.29. The normalized spacial score (nSPS) is 13.1. The zero-order chi connectivity index (χ0) is 15.8. The molecule has 1 aromatic rings. The van der Waals surface area contributed by atoms with Gasteiger partial charge in [-0.2, -0.15) is 0 Å². The SMILES string of the molecule is CCN(CC)CCCN(CC)C(C)c1ccc(O)cc1F. The summed E-state index contributed by atoms with van der Waals surface area (Å²) in [5, 5.41) is 9.31. The van der Waals surface area contributed by atoms with Crippen molar-refractivity contribution in [3.8, 4) is 5.75 Å². The van der Waals surface area contributed by atoms with E-state index in [2.05, 4.69) is 30.6 Å². The molecule has 0 aliphatic heterocycles. The van der Waals surface area contributed by atoms with Crippen molar-refractivity contribution >= 4 is 0 Å². The molecule has 0 spiro atoms. The van der Waals surface area contributed by atoms with Crippen LogP contribution in [0.5, 0.6) is 5.75 Å². The van der Waals surface area contributed by atoms with Gasteiger partial charge in [-0.3, -0.25) is 4.90 Å². The van der Waals surface area contributed by atoms with Crippen molar-refractivity contribution in [1.29, 1.82) is 0 Å². The Morgan fingerprint density at radius 2 is 1.76 bits per heavy atom. The smallest absolute Gasteiger partial charge is 0.131 e. The number of phenolic OH excluding ortho intramolecular Hbond substituents is 1. The van der Waals surface area contributed by atoms with Crippen molar-refractivity contribution in [2.24, 2.45) is 0 Å². The van der Waals surface area contributed by atoms with Crippen molar-refractivity contribution < 1.29 is 9.50 Å². The van der Waals surface area contributed by atoms with Crippen LogP contribution in [0.15, 0.2) is 18.2 Å². The van der Waals surface area contributed by atoms with E-state index < -0.39 is 0 Å². The Balaban J connectivity index is 2.62. The Morgan fingerprint density at radius 3 is 2.29 bits per heavy atom. The molecule has 4 heteroatoms. The fraction of sp³-hybridized carbons (Fsp3) is 0.647. The monoisotopic (exact) mass is 296 g/mol. The van der Waals surface area contributed by atoms with Crippen molar-refractivity contribution in [2.45, 2.75) is 40.2 Å². The molecule has 0 saturated heterocycles. The van der Waals surface area contributed by atoms with Crippen LogP contribution < -0.4 is 0 Å². The average molecular weight is 296 g/mol. The van der Waals surface area contributed by atoms with Crippen LogP contribution in [0.4, 0.5) is 4.39 Å². The van der Waals surface area contributed by atoms with E-state index in [9.17, 15) is 9.50 Å². The van der Waals surface area contributed by atoms with E-state index in [-0.39, 0.29) is 17.6 Å². The Morgan fingerprint density at radius 1 is 1.10 bits per heavy atom. The molecule has 0 aromatic heterocycles. The predicted molar refractivity (Wildman–Crippen MR) is 86.1 cm³/mol. The van der Waals surface area contributed by atoms with E-state index in [1.165, 1.54) is 6.07 Å². The molecule has 120 valence electrons. The quantitative estimate of drug-likeness (QED) is 0.753. The fourth-order valence-corrected chi connectivity index (χ4v) is 2.71. The lowest BCUT2D eigenvalue weighted by atomic mass is 10.1. The third-order valence-corrected chi connectivity index (χ3v) is 4.20. The number of nitrogens with zero attached hydrogens (tertiary/aromatic N) is 2. The van der Waals surface area contributed by atoms with Gasteiger partial charge in [-0.15, -0.1) is 0 Å².